The summed E-state index contributed by atoms with van der Waals surface area (Å²) < 4.78 is 10.9. The standard InChI is InChI=1S/C14H18N2O2/c1-10(2)18-13-6-4-5-12(7-13)16-11(3)14-8-15-9-17-14/h4-11,16H,1-3H3. The summed E-state index contributed by atoms with van der Waals surface area (Å²) in [5.74, 6) is 1.67. The third kappa shape index (κ3) is 3.26. The Balaban J connectivity index is 2.05. The number of oxazole rings is 1. The van der Waals surface area contributed by atoms with Gasteiger partial charge in [0.1, 0.15) is 11.5 Å². The summed E-state index contributed by atoms with van der Waals surface area (Å²) in [4.78, 5) is 3.91. The average Bonchev–Trinajstić information content (AvgIpc) is 2.81. The van der Waals surface area contributed by atoms with Crippen LogP contribution in [0.5, 0.6) is 5.75 Å². The Morgan fingerprint density at radius 1 is 1.28 bits per heavy atom. The number of nitrogens with one attached hydrogen (secondary N) is 1. The Labute approximate surface area is 107 Å². The van der Waals surface area contributed by atoms with Gasteiger partial charge in [0.15, 0.2) is 6.39 Å². The van der Waals surface area contributed by atoms with E-state index in [-0.39, 0.29) is 12.1 Å². The van der Waals surface area contributed by atoms with Gasteiger partial charge in [-0.2, -0.15) is 0 Å². The smallest absolute Gasteiger partial charge is 0.180 e. The summed E-state index contributed by atoms with van der Waals surface area (Å²) in [5, 5.41) is 3.34. The molecule has 1 unspecified atom stereocenters. The highest BCUT2D eigenvalue weighted by Crippen LogP contribution is 2.23. The van der Waals surface area contributed by atoms with Gasteiger partial charge < -0.3 is 14.5 Å². The summed E-state index contributed by atoms with van der Waals surface area (Å²) in [6.07, 6.45) is 3.32. The molecule has 0 bridgehead atoms. The van der Waals surface area contributed by atoms with Crippen LogP contribution in [-0.4, -0.2) is 11.1 Å². The Kier molecular flexibility index (Phi) is 3.87. The van der Waals surface area contributed by atoms with Gasteiger partial charge in [0, 0.05) is 11.8 Å². The third-order valence-corrected chi connectivity index (χ3v) is 2.47. The molecule has 1 heterocycles. The van der Waals surface area contributed by atoms with Crippen LogP contribution in [0, 0.1) is 0 Å². The molecular formula is C14H18N2O2. The van der Waals surface area contributed by atoms with Crippen LogP contribution in [0.3, 0.4) is 0 Å². The number of aromatic nitrogens is 1. The largest absolute Gasteiger partial charge is 0.491 e. The topological polar surface area (TPSA) is 47.3 Å². The number of hydrogen-bond donors (Lipinski definition) is 1. The van der Waals surface area contributed by atoms with Crippen molar-refractivity contribution in [2.75, 3.05) is 5.32 Å². The maximum atomic E-state index is 5.65. The minimum Gasteiger partial charge on any atom is -0.491 e. The monoisotopic (exact) mass is 246 g/mol. The van der Waals surface area contributed by atoms with E-state index in [0.717, 1.165) is 17.2 Å². The lowest BCUT2D eigenvalue weighted by Crippen LogP contribution is -2.07. The molecule has 1 N–H and O–H groups in total. The van der Waals surface area contributed by atoms with Crippen molar-refractivity contribution in [1.82, 2.24) is 4.98 Å². The zero-order valence-electron chi connectivity index (χ0n) is 10.9. The van der Waals surface area contributed by atoms with E-state index < -0.39 is 0 Å². The fourth-order valence-corrected chi connectivity index (χ4v) is 1.69. The van der Waals surface area contributed by atoms with Crippen LogP contribution in [0.2, 0.25) is 0 Å². The molecule has 18 heavy (non-hydrogen) atoms. The quantitative estimate of drug-likeness (QED) is 0.875. The van der Waals surface area contributed by atoms with E-state index in [9.17, 15) is 0 Å². The van der Waals surface area contributed by atoms with Gasteiger partial charge in [0.05, 0.1) is 18.3 Å². The molecule has 0 aliphatic carbocycles. The number of rotatable bonds is 5. The highest BCUT2D eigenvalue weighted by atomic mass is 16.5. The van der Waals surface area contributed by atoms with Crippen molar-refractivity contribution in [3.05, 3.63) is 42.6 Å². The molecule has 0 aliphatic rings. The number of benzene rings is 1. The second-order valence-electron chi connectivity index (χ2n) is 4.46. The van der Waals surface area contributed by atoms with E-state index in [1.54, 1.807) is 6.20 Å². The fourth-order valence-electron chi connectivity index (χ4n) is 1.69. The predicted molar refractivity (Wildman–Crippen MR) is 70.7 cm³/mol. The second-order valence-corrected chi connectivity index (χ2v) is 4.46. The molecule has 0 spiro atoms. The van der Waals surface area contributed by atoms with Crippen LogP contribution >= 0.6 is 0 Å². The van der Waals surface area contributed by atoms with Crippen molar-refractivity contribution in [2.45, 2.75) is 32.9 Å². The molecule has 4 nitrogen and oxygen atoms in total. The second kappa shape index (κ2) is 5.58. The van der Waals surface area contributed by atoms with E-state index in [0.29, 0.717) is 0 Å². The first-order valence-electron chi connectivity index (χ1n) is 6.07. The molecule has 1 aromatic carbocycles. The van der Waals surface area contributed by atoms with Crippen molar-refractivity contribution >= 4 is 5.69 Å². The number of nitrogens with zero attached hydrogens (tertiary/aromatic N) is 1. The van der Waals surface area contributed by atoms with Gasteiger partial charge in [-0.05, 0) is 32.9 Å². The van der Waals surface area contributed by atoms with Crippen molar-refractivity contribution in [1.29, 1.82) is 0 Å². The van der Waals surface area contributed by atoms with Crippen LogP contribution in [0.15, 0.2) is 41.3 Å². The number of anilines is 1. The van der Waals surface area contributed by atoms with Gasteiger partial charge >= 0.3 is 0 Å². The van der Waals surface area contributed by atoms with E-state index in [4.69, 9.17) is 9.15 Å². The molecule has 2 aromatic rings. The molecule has 2 rings (SSSR count). The normalized spacial score (nSPS) is 12.4. The lowest BCUT2D eigenvalue weighted by atomic mass is 10.2. The fraction of sp³-hybridized carbons (Fsp3) is 0.357. The van der Waals surface area contributed by atoms with Crippen molar-refractivity contribution in [2.24, 2.45) is 0 Å². The zero-order chi connectivity index (χ0) is 13.0. The molecule has 0 radical (unpaired) electrons. The van der Waals surface area contributed by atoms with Crippen LogP contribution < -0.4 is 10.1 Å². The Morgan fingerprint density at radius 2 is 2.11 bits per heavy atom. The Hall–Kier alpha value is -1.97. The van der Waals surface area contributed by atoms with Crippen molar-refractivity contribution in [3.8, 4) is 5.75 Å². The van der Waals surface area contributed by atoms with Gasteiger partial charge in [-0.25, -0.2) is 4.98 Å². The lowest BCUT2D eigenvalue weighted by Gasteiger charge is -2.15. The molecule has 0 fully saturated rings. The molecule has 0 amide bonds. The molecule has 0 saturated carbocycles. The first-order valence-corrected chi connectivity index (χ1v) is 6.07. The predicted octanol–water partition coefficient (Wildman–Crippen LogP) is 3.63. The van der Waals surface area contributed by atoms with Gasteiger partial charge in [-0.15, -0.1) is 0 Å². The van der Waals surface area contributed by atoms with Gasteiger partial charge in [-0.1, -0.05) is 6.07 Å². The minimum atomic E-state index is 0.0711. The molecular weight excluding hydrogens is 228 g/mol. The highest BCUT2D eigenvalue weighted by Gasteiger charge is 2.09. The summed E-state index contributed by atoms with van der Waals surface area (Å²) in [6, 6.07) is 7.96. The van der Waals surface area contributed by atoms with E-state index in [2.05, 4.69) is 10.3 Å². The summed E-state index contributed by atoms with van der Waals surface area (Å²) in [6.45, 7) is 6.05. The zero-order valence-corrected chi connectivity index (χ0v) is 10.9. The molecule has 0 aliphatic heterocycles. The molecule has 1 atom stereocenters. The van der Waals surface area contributed by atoms with Gasteiger partial charge in [0.2, 0.25) is 0 Å². The minimum absolute atomic E-state index is 0.0711. The highest BCUT2D eigenvalue weighted by molar-refractivity contribution is 5.49. The number of ether oxygens (including phenoxy) is 1. The summed E-state index contributed by atoms with van der Waals surface area (Å²) >= 11 is 0. The van der Waals surface area contributed by atoms with Gasteiger partial charge in [0.25, 0.3) is 0 Å². The maximum Gasteiger partial charge on any atom is 0.180 e. The molecule has 96 valence electrons. The first kappa shape index (κ1) is 12.5. The SMILES string of the molecule is CC(C)Oc1cccc(NC(C)c2cnco2)c1. The number of hydrogen-bond acceptors (Lipinski definition) is 4. The maximum absolute atomic E-state index is 5.65. The van der Waals surface area contributed by atoms with Crippen molar-refractivity contribution < 1.29 is 9.15 Å². The van der Waals surface area contributed by atoms with E-state index in [1.807, 2.05) is 45.0 Å². The molecule has 4 heteroatoms. The van der Waals surface area contributed by atoms with Crippen LogP contribution in [0.4, 0.5) is 5.69 Å². The first-order chi connectivity index (χ1) is 8.65. The Bertz CT molecular complexity index is 480. The van der Waals surface area contributed by atoms with Crippen LogP contribution in [0.1, 0.15) is 32.6 Å². The molecule has 0 saturated heterocycles. The third-order valence-electron chi connectivity index (χ3n) is 2.47. The summed E-state index contributed by atoms with van der Waals surface area (Å²) in [7, 11) is 0. The summed E-state index contributed by atoms with van der Waals surface area (Å²) in [5.41, 5.74) is 0.997. The lowest BCUT2D eigenvalue weighted by molar-refractivity contribution is 0.242. The van der Waals surface area contributed by atoms with Gasteiger partial charge in [-0.3, -0.25) is 0 Å². The average molecular weight is 246 g/mol. The molecule has 1 aromatic heterocycles. The van der Waals surface area contributed by atoms with Crippen LogP contribution in [0.25, 0.3) is 0 Å². The van der Waals surface area contributed by atoms with E-state index in [1.165, 1.54) is 6.39 Å². The van der Waals surface area contributed by atoms with Crippen LogP contribution in [-0.2, 0) is 0 Å². The Morgan fingerprint density at radius 3 is 2.78 bits per heavy atom. The van der Waals surface area contributed by atoms with E-state index >= 15 is 0 Å². The van der Waals surface area contributed by atoms with Crippen molar-refractivity contribution in [3.63, 3.8) is 0 Å².